The van der Waals surface area contributed by atoms with E-state index in [1.807, 2.05) is 18.2 Å². The molecule has 150 valence electrons. The highest BCUT2D eigenvalue weighted by Gasteiger charge is 2.21. The third kappa shape index (κ3) is 4.75. The Balaban J connectivity index is 1.84. The van der Waals surface area contributed by atoms with Crippen LogP contribution in [0.3, 0.4) is 0 Å². The minimum atomic E-state index is -0.611. The number of hydrogen-bond acceptors (Lipinski definition) is 3. The van der Waals surface area contributed by atoms with Crippen molar-refractivity contribution >= 4 is 46.4 Å². The lowest BCUT2D eigenvalue weighted by molar-refractivity contribution is -0.114. The summed E-state index contributed by atoms with van der Waals surface area (Å²) in [5, 5.41) is 10.1. The number of carbonyl (C=O) groups is 2. The zero-order valence-electron chi connectivity index (χ0n) is 15.6. The lowest BCUT2D eigenvalue weighted by Gasteiger charge is -2.09. The molecule has 0 bridgehead atoms. The normalized spacial score (nSPS) is 10.7. The number of halogens is 3. The van der Waals surface area contributed by atoms with Gasteiger partial charge in [0.1, 0.15) is 11.0 Å². The predicted molar refractivity (Wildman–Crippen MR) is 111 cm³/mol. The summed E-state index contributed by atoms with van der Waals surface area (Å²) in [5.74, 6) is -1.54. The van der Waals surface area contributed by atoms with E-state index in [0.29, 0.717) is 22.9 Å². The fourth-order valence-electron chi connectivity index (χ4n) is 2.79. The van der Waals surface area contributed by atoms with Gasteiger partial charge in [-0.05, 0) is 36.8 Å². The molecule has 6 nitrogen and oxygen atoms in total. The molecular formula is C20H17Cl2FN4O2. The average Bonchev–Trinajstić information content (AvgIpc) is 2.93. The van der Waals surface area contributed by atoms with Crippen LogP contribution in [0.2, 0.25) is 10.2 Å². The molecule has 0 radical (unpaired) electrons. The highest BCUT2D eigenvalue weighted by atomic mass is 35.5. The Morgan fingerprint density at radius 1 is 1.14 bits per heavy atom. The molecule has 0 aliphatic carbocycles. The van der Waals surface area contributed by atoms with E-state index in [4.69, 9.17) is 23.2 Å². The summed E-state index contributed by atoms with van der Waals surface area (Å²) in [4.78, 5) is 23.9. The van der Waals surface area contributed by atoms with Gasteiger partial charge in [0, 0.05) is 17.6 Å². The molecule has 0 aliphatic heterocycles. The molecule has 9 heteroatoms. The summed E-state index contributed by atoms with van der Waals surface area (Å²) < 4.78 is 15.3. The van der Waals surface area contributed by atoms with E-state index in [9.17, 15) is 14.0 Å². The number of rotatable bonds is 5. The maximum Gasteiger partial charge on any atom is 0.260 e. The van der Waals surface area contributed by atoms with E-state index >= 15 is 0 Å². The molecule has 0 saturated heterocycles. The van der Waals surface area contributed by atoms with Gasteiger partial charge in [-0.2, -0.15) is 5.10 Å². The number of nitrogens with zero attached hydrogens (tertiary/aromatic N) is 2. The molecule has 2 aromatic carbocycles. The van der Waals surface area contributed by atoms with Crippen LogP contribution in [0, 0.1) is 12.7 Å². The van der Waals surface area contributed by atoms with E-state index in [-0.39, 0.29) is 16.4 Å². The summed E-state index contributed by atoms with van der Waals surface area (Å²) in [7, 11) is 0. The van der Waals surface area contributed by atoms with Crippen LogP contribution in [0.15, 0.2) is 42.5 Å². The fraction of sp³-hybridized carbons (Fsp3) is 0.150. The Hall–Kier alpha value is -2.90. The molecule has 0 fully saturated rings. The molecule has 3 rings (SSSR count). The first-order chi connectivity index (χ1) is 13.8. The molecule has 2 N–H and O–H groups in total. The van der Waals surface area contributed by atoms with Gasteiger partial charge >= 0.3 is 0 Å². The third-order valence-electron chi connectivity index (χ3n) is 4.11. The van der Waals surface area contributed by atoms with Crippen molar-refractivity contribution in [3.63, 3.8) is 0 Å². The van der Waals surface area contributed by atoms with E-state index in [0.717, 1.165) is 11.6 Å². The zero-order valence-corrected chi connectivity index (χ0v) is 17.1. The average molecular weight is 435 g/mol. The molecule has 3 aromatic rings. The zero-order chi connectivity index (χ0) is 21.1. The first kappa shape index (κ1) is 20.8. The van der Waals surface area contributed by atoms with Gasteiger partial charge < -0.3 is 10.6 Å². The van der Waals surface area contributed by atoms with E-state index in [1.165, 1.54) is 23.7 Å². The minimum Gasteiger partial charge on any atom is -0.324 e. The van der Waals surface area contributed by atoms with Gasteiger partial charge in [-0.25, -0.2) is 9.07 Å². The van der Waals surface area contributed by atoms with Gasteiger partial charge in [0.05, 0.1) is 23.5 Å². The number of aromatic nitrogens is 2. The highest BCUT2D eigenvalue weighted by molar-refractivity contribution is 6.34. The fourth-order valence-corrected chi connectivity index (χ4v) is 3.30. The molecule has 0 saturated carbocycles. The van der Waals surface area contributed by atoms with Crippen molar-refractivity contribution in [3.05, 3.63) is 75.3 Å². The van der Waals surface area contributed by atoms with Crippen molar-refractivity contribution in [1.29, 1.82) is 0 Å². The Kier molecular flexibility index (Phi) is 6.20. The number of benzene rings is 2. The molecule has 29 heavy (non-hydrogen) atoms. The van der Waals surface area contributed by atoms with Crippen LogP contribution in [0.1, 0.15) is 28.5 Å². The standard InChI is InChI=1S/C20H17Cl2FN4O2/c1-11-18(19(22)27(26-11)10-13-5-3-4-6-15(13)21)20(29)25-14-7-8-16(23)17(9-14)24-12(2)28/h3-9H,10H2,1-2H3,(H,24,28)(H,25,29). The van der Waals surface area contributed by atoms with Gasteiger partial charge in [-0.1, -0.05) is 41.4 Å². The minimum absolute atomic E-state index is 0.0347. The number of nitrogens with one attached hydrogen (secondary N) is 2. The van der Waals surface area contributed by atoms with Crippen molar-refractivity contribution in [2.75, 3.05) is 10.6 Å². The first-order valence-electron chi connectivity index (χ1n) is 8.61. The SMILES string of the molecule is CC(=O)Nc1cc(NC(=O)c2c(C)nn(Cc3ccccc3Cl)c2Cl)ccc1F. The summed E-state index contributed by atoms with van der Waals surface area (Å²) in [6, 6.07) is 11.1. The molecule has 0 aliphatic rings. The van der Waals surface area contributed by atoms with Crippen LogP contribution in [-0.4, -0.2) is 21.6 Å². The third-order valence-corrected chi connectivity index (χ3v) is 4.86. The smallest absolute Gasteiger partial charge is 0.260 e. The number of aryl methyl sites for hydroxylation is 1. The second kappa shape index (κ2) is 8.63. The van der Waals surface area contributed by atoms with Crippen molar-refractivity contribution in [2.45, 2.75) is 20.4 Å². The monoisotopic (exact) mass is 434 g/mol. The van der Waals surface area contributed by atoms with Gasteiger partial charge in [-0.15, -0.1) is 0 Å². The topological polar surface area (TPSA) is 76.0 Å². The number of hydrogen-bond donors (Lipinski definition) is 2. The van der Waals surface area contributed by atoms with Crippen LogP contribution in [0.5, 0.6) is 0 Å². The molecule has 0 spiro atoms. The van der Waals surface area contributed by atoms with Crippen molar-refractivity contribution < 1.29 is 14.0 Å². The van der Waals surface area contributed by atoms with Crippen LogP contribution in [0.4, 0.5) is 15.8 Å². The first-order valence-corrected chi connectivity index (χ1v) is 9.36. The van der Waals surface area contributed by atoms with E-state index in [1.54, 1.807) is 13.0 Å². The lowest BCUT2D eigenvalue weighted by atomic mass is 10.2. The Morgan fingerprint density at radius 2 is 1.86 bits per heavy atom. The quantitative estimate of drug-likeness (QED) is 0.599. The predicted octanol–water partition coefficient (Wildman–Crippen LogP) is 4.90. The maximum absolute atomic E-state index is 13.8. The number of carbonyl (C=O) groups excluding carboxylic acids is 2. The summed E-state index contributed by atoms with van der Waals surface area (Å²) in [6.45, 7) is 3.23. The molecular weight excluding hydrogens is 418 g/mol. The van der Waals surface area contributed by atoms with Crippen LogP contribution in [0.25, 0.3) is 0 Å². The van der Waals surface area contributed by atoms with Crippen molar-refractivity contribution in [2.24, 2.45) is 0 Å². The lowest BCUT2D eigenvalue weighted by Crippen LogP contribution is -2.14. The molecule has 1 heterocycles. The largest absolute Gasteiger partial charge is 0.324 e. The van der Waals surface area contributed by atoms with Crippen molar-refractivity contribution in [3.8, 4) is 0 Å². The molecule has 1 aromatic heterocycles. The Bertz CT molecular complexity index is 1100. The molecule has 2 amide bonds. The number of anilines is 2. The van der Waals surface area contributed by atoms with Crippen LogP contribution in [-0.2, 0) is 11.3 Å². The second-order valence-corrected chi connectivity index (χ2v) is 7.10. The van der Waals surface area contributed by atoms with E-state index < -0.39 is 17.6 Å². The summed E-state index contributed by atoms with van der Waals surface area (Å²) in [6.07, 6.45) is 0. The molecule has 0 atom stereocenters. The maximum atomic E-state index is 13.8. The van der Waals surface area contributed by atoms with E-state index in [2.05, 4.69) is 15.7 Å². The Labute approximate surface area is 176 Å². The Morgan fingerprint density at radius 3 is 2.55 bits per heavy atom. The highest BCUT2D eigenvalue weighted by Crippen LogP contribution is 2.25. The van der Waals surface area contributed by atoms with Gasteiger partial charge in [-0.3, -0.25) is 9.59 Å². The van der Waals surface area contributed by atoms with Crippen molar-refractivity contribution in [1.82, 2.24) is 9.78 Å². The summed E-state index contributed by atoms with van der Waals surface area (Å²) in [5.41, 5.74) is 1.71. The molecule has 0 unspecified atom stereocenters. The van der Waals surface area contributed by atoms with Crippen LogP contribution < -0.4 is 10.6 Å². The second-order valence-electron chi connectivity index (χ2n) is 6.33. The van der Waals surface area contributed by atoms with Gasteiger partial charge in [0.25, 0.3) is 5.91 Å². The van der Waals surface area contributed by atoms with Gasteiger partial charge in [0.15, 0.2) is 0 Å². The van der Waals surface area contributed by atoms with Gasteiger partial charge in [0.2, 0.25) is 5.91 Å². The van der Waals surface area contributed by atoms with Crippen LogP contribution >= 0.6 is 23.2 Å². The number of amides is 2. The summed E-state index contributed by atoms with van der Waals surface area (Å²) >= 11 is 12.6.